The molecule has 0 unspecified atom stereocenters. The summed E-state index contributed by atoms with van der Waals surface area (Å²) in [6, 6.07) is 8.15. The molecule has 2 aromatic heterocycles. The molecule has 154 valence electrons. The largest absolute Gasteiger partial charge is 0.506 e. The molecule has 0 radical (unpaired) electrons. The van der Waals surface area contributed by atoms with Crippen molar-refractivity contribution in [1.82, 2.24) is 20.2 Å². The van der Waals surface area contributed by atoms with E-state index < -0.39 is 10.0 Å². The fourth-order valence-corrected chi connectivity index (χ4v) is 4.16. The highest BCUT2D eigenvalue weighted by molar-refractivity contribution is 7.92. The molecule has 0 fully saturated rings. The zero-order chi connectivity index (χ0) is 21.2. The van der Waals surface area contributed by atoms with Crippen LogP contribution in [-0.4, -0.2) is 33.7 Å². The fourth-order valence-electron chi connectivity index (χ4n) is 3.10. The fraction of sp³-hybridized carbons (Fsp3) is 0.350. The zero-order valence-electron chi connectivity index (χ0n) is 16.8. The summed E-state index contributed by atoms with van der Waals surface area (Å²) >= 11 is 0. The van der Waals surface area contributed by atoms with Gasteiger partial charge in [0.1, 0.15) is 17.8 Å². The van der Waals surface area contributed by atoms with E-state index in [1.165, 1.54) is 18.6 Å². The molecule has 0 aliphatic heterocycles. The van der Waals surface area contributed by atoms with E-state index in [9.17, 15) is 13.5 Å². The van der Waals surface area contributed by atoms with E-state index in [0.29, 0.717) is 5.92 Å². The van der Waals surface area contributed by atoms with Gasteiger partial charge in [0.25, 0.3) is 10.0 Å². The number of aromatic amines is 1. The first-order valence-electron chi connectivity index (χ1n) is 9.33. The minimum atomic E-state index is -3.89. The number of hydrogen-bond donors (Lipinski definition) is 3. The Morgan fingerprint density at radius 3 is 2.48 bits per heavy atom. The Kier molecular flexibility index (Phi) is 5.61. The molecule has 0 saturated carbocycles. The lowest BCUT2D eigenvalue weighted by atomic mass is 9.73. The monoisotopic (exact) mass is 415 g/mol. The van der Waals surface area contributed by atoms with Crippen molar-refractivity contribution in [2.24, 2.45) is 5.92 Å². The number of pyridine rings is 1. The maximum atomic E-state index is 12.9. The molecule has 3 aromatic rings. The van der Waals surface area contributed by atoms with Gasteiger partial charge in [-0.3, -0.25) is 9.82 Å². The molecule has 3 N–H and O–H groups in total. The van der Waals surface area contributed by atoms with Crippen LogP contribution in [0.2, 0.25) is 0 Å². The highest BCUT2D eigenvalue weighted by atomic mass is 32.2. The van der Waals surface area contributed by atoms with Gasteiger partial charge in [0.05, 0.1) is 16.8 Å². The molecule has 0 amide bonds. The number of benzene rings is 1. The van der Waals surface area contributed by atoms with Crippen molar-refractivity contribution in [3.05, 3.63) is 48.4 Å². The number of anilines is 1. The first-order valence-corrected chi connectivity index (χ1v) is 10.8. The lowest BCUT2D eigenvalue weighted by Gasteiger charge is -2.32. The van der Waals surface area contributed by atoms with Crippen LogP contribution in [-0.2, 0) is 15.4 Å². The average Bonchev–Trinajstić information content (AvgIpc) is 3.21. The summed E-state index contributed by atoms with van der Waals surface area (Å²) < 4.78 is 28.3. The Balaban J connectivity index is 1.92. The second-order valence-corrected chi connectivity index (χ2v) is 9.27. The van der Waals surface area contributed by atoms with Crippen LogP contribution in [0, 0.1) is 5.92 Å². The summed E-state index contributed by atoms with van der Waals surface area (Å²) in [4.78, 5) is 8.18. The second-order valence-electron chi connectivity index (χ2n) is 7.58. The van der Waals surface area contributed by atoms with Crippen molar-refractivity contribution < 1.29 is 13.5 Å². The van der Waals surface area contributed by atoms with Crippen LogP contribution >= 0.6 is 0 Å². The van der Waals surface area contributed by atoms with Crippen molar-refractivity contribution in [3.8, 4) is 17.3 Å². The smallest absolute Gasteiger partial charge is 0.261 e. The van der Waals surface area contributed by atoms with Gasteiger partial charge in [0, 0.05) is 6.07 Å². The van der Waals surface area contributed by atoms with Crippen LogP contribution < -0.4 is 4.72 Å². The van der Waals surface area contributed by atoms with Gasteiger partial charge in [-0.1, -0.05) is 46.2 Å². The van der Waals surface area contributed by atoms with E-state index >= 15 is 0 Å². The number of sulfonamides is 1. The van der Waals surface area contributed by atoms with Gasteiger partial charge < -0.3 is 5.11 Å². The van der Waals surface area contributed by atoms with E-state index in [1.807, 2.05) is 12.1 Å². The number of rotatable bonds is 7. The quantitative estimate of drug-likeness (QED) is 0.541. The highest BCUT2D eigenvalue weighted by Crippen LogP contribution is 2.34. The van der Waals surface area contributed by atoms with Gasteiger partial charge in [-0.05, 0) is 29.0 Å². The Hall–Kier alpha value is -2.94. The molecule has 3 rings (SSSR count). The van der Waals surface area contributed by atoms with Crippen LogP contribution in [0.3, 0.4) is 0 Å². The number of aromatic nitrogens is 4. The molecule has 8 nitrogen and oxygen atoms in total. The van der Waals surface area contributed by atoms with Crippen molar-refractivity contribution in [3.63, 3.8) is 0 Å². The number of hydrogen-bond acceptors (Lipinski definition) is 6. The van der Waals surface area contributed by atoms with E-state index in [2.05, 4.69) is 52.6 Å². The molecule has 29 heavy (non-hydrogen) atoms. The summed E-state index contributed by atoms with van der Waals surface area (Å²) in [5.41, 5.74) is 1.34. The van der Waals surface area contributed by atoms with Crippen molar-refractivity contribution in [1.29, 1.82) is 0 Å². The van der Waals surface area contributed by atoms with Gasteiger partial charge in [-0.2, -0.15) is 5.10 Å². The van der Waals surface area contributed by atoms with Crippen LogP contribution in [0.15, 0.2) is 47.8 Å². The summed E-state index contributed by atoms with van der Waals surface area (Å²) in [6.07, 6.45) is 3.53. The second kappa shape index (κ2) is 7.82. The number of H-pyrrole nitrogens is 1. The Labute approximate surface area is 170 Å². The number of nitrogens with one attached hydrogen (secondary N) is 2. The lowest BCUT2D eigenvalue weighted by Crippen LogP contribution is -2.26. The number of nitrogens with zero attached hydrogens (tertiary/aromatic N) is 3. The topological polar surface area (TPSA) is 121 Å². The van der Waals surface area contributed by atoms with Crippen molar-refractivity contribution >= 4 is 15.7 Å². The molecule has 0 aliphatic rings. The summed E-state index contributed by atoms with van der Waals surface area (Å²) in [5, 5.41) is 16.2. The molecule has 0 aliphatic carbocycles. The van der Waals surface area contributed by atoms with E-state index in [1.54, 1.807) is 12.1 Å². The molecule has 0 bridgehead atoms. The van der Waals surface area contributed by atoms with Gasteiger partial charge in [-0.25, -0.2) is 18.4 Å². The Morgan fingerprint density at radius 1 is 1.21 bits per heavy atom. The predicted molar refractivity (Wildman–Crippen MR) is 111 cm³/mol. The summed E-state index contributed by atoms with van der Waals surface area (Å²) in [6.45, 7) is 8.65. The Bertz CT molecular complexity index is 1080. The predicted octanol–water partition coefficient (Wildman–Crippen LogP) is 3.70. The minimum Gasteiger partial charge on any atom is -0.506 e. The molecule has 1 aromatic carbocycles. The van der Waals surface area contributed by atoms with E-state index in [-0.39, 0.29) is 33.3 Å². The standard InChI is InChI=1S/C20H25N5O3S/c1-5-13(2)20(3,4)14-6-8-16(9-7-14)29(27,28)25-17-10-15(26)11-21-18(17)19-22-12-23-24-19/h6-13,25-26H,5H2,1-4H3,(H,22,23,24)/t13-/m1/s1. The number of aromatic hydroxyl groups is 1. The molecular weight excluding hydrogens is 390 g/mol. The molecule has 0 spiro atoms. The SMILES string of the molecule is CC[C@@H](C)C(C)(C)c1ccc(S(=O)(=O)Nc2cc(O)cnc2-c2ncn[nH]2)cc1. The molecule has 0 saturated heterocycles. The van der Waals surface area contributed by atoms with Gasteiger partial charge in [-0.15, -0.1) is 0 Å². The van der Waals surface area contributed by atoms with Crippen LogP contribution in [0.1, 0.15) is 39.7 Å². The van der Waals surface area contributed by atoms with Gasteiger partial charge in [0.2, 0.25) is 0 Å². The third-order valence-electron chi connectivity index (χ3n) is 5.51. The molecule has 9 heteroatoms. The van der Waals surface area contributed by atoms with E-state index in [0.717, 1.165) is 12.0 Å². The molecule has 1 atom stereocenters. The maximum absolute atomic E-state index is 12.9. The van der Waals surface area contributed by atoms with Gasteiger partial charge in [0.15, 0.2) is 5.82 Å². The summed E-state index contributed by atoms with van der Waals surface area (Å²) in [7, 11) is -3.89. The average molecular weight is 416 g/mol. The molecular formula is C20H25N5O3S. The Morgan fingerprint density at radius 2 is 1.90 bits per heavy atom. The van der Waals surface area contributed by atoms with Crippen LogP contribution in [0.25, 0.3) is 11.5 Å². The van der Waals surface area contributed by atoms with Crippen molar-refractivity contribution in [2.45, 2.75) is 44.4 Å². The van der Waals surface area contributed by atoms with Crippen LogP contribution in [0.4, 0.5) is 5.69 Å². The lowest BCUT2D eigenvalue weighted by molar-refractivity contribution is 0.335. The van der Waals surface area contributed by atoms with Crippen LogP contribution in [0.5, 0.6) is 5.75 Å². The van der Waals surface area contributed by atoms with Gasteiger partial charge >= 0.3 is 0 Å². The first kappa shape index (κ1) is 20.8. The third-order valence-corrected chi connectivity index (χ3v) is 6.89. The summed E-state index contributed by atoms with van der Waals surface area (Å²) in [5.74, 6) is 0.566. The third kappa shape index (κ3) is 4.24. The van der Waals surface area contributed by atoms with Crippen molar-refractivity contribution in [2.75, 3.05) is 4.72 Å². The zero-order valence-corrected chi connectivity index (χ0v) is 17.7. The van der Waals surface area contributed by atoms with E-state index in [4.69, 9.17) is 0 Å². The highest BCUT2D eigenvalue weighted by Gasteiger charge is 2.27. The normalized spacial score (nSPS) is 13.2. The molecule has 2 heterocycles. The first-order chi connectivity index (χ1) is 13.6. The maximum Gasteiger partial charge on any atom is 0.261 e. The minimum absolute atomic E-state index is 0.0704.